The van der Waals surface area contributed by atoms with Crippen molar-refractivity contribution in [2.75, 3.05) is 0 Å². The number of hydrogen-bond donors (Lipinski definition) is 0. The van der Waals surface area contributed by atoms with E-state index < -0.39 is 0 Å². The first-order valence-corrected chi connectivity index (χ1v) is 5.07. The number of nitrogens with zero attached hydrogens (tertiary/aromatic N) is 1. The van der Waals surface area contributed by atoms with Gasteiger partial charge in [-0.2, -0.15) is 0 Å². The van der Waals surface area contributed by atoms with Crippen LogP contribution in [0.15, 0.2) is 12.1 Å². The van der Waals surface area contributed by atoms with E-state index in [9.17, 15) is 9.59 Å². The number of Topliss-reactive ketones (excluding diaryl/α,β-unsaturated/α-hetero) is 2. The van der Waals surface area contributed by atoms with Gasteiger partial charge in [0.1, 0.15) is 11.4 Å². The monoisotopic (exact) mass is 205 g/mol. The van der Waals surface area contributed by atoms with Crippen LogP contribution in [0.5, 0.6) is 0 Å². The van der Waals surface area contributed by atoms with Gasteiger partial charge in [0, 0.05) is 13.8 Å². The number of aryl methyl sites for hydroxylation is 1. The molecule has 0 radical (unpaired) electrons. The average molecular weight is 205 g/mol. The molecule has 0 N–H and O–H groups in total. The molecule has 0 aliphatic rings. The van der Waals surface area contributed by atoms with E-state index in [0.717, 1.165) is 18.4 Å². The minimum absolute atomic E-state index is 0.101. The standard InChI is InChI=1S/C12H15NO2/c1-4-5-10-6-11(8(2)14)13-12(7-10)9(3)15/h6-7H,4-5H2,1-3H3. The first-order chi connectivity index (χ1) is 7.04. The highest BCUT2D eigenvalue weighted by Crippen LogP contribution is 2.10. The first-order valence-electron chi connectivity index (χ1n) is 5.07. The van der Waals surface area contributed by atoms with Crippen LogP contribution in [0.25, 0.3) is 0 Å². The Morgan fingerprint density at radius 3 is 1.93 bits per heavy atom. The van der Waals surface area contributed by atoms with E-state index >= 15 is 0 Å². The largest absolute Gasteiger partial charge is 0.293 e. The van der Waals surface area contributed by atoms with Crippen molar-refractivity contribution >= 4 is 11.6 Å². The summed E-state index contributed by atoms with van der Waals surface area (Å²) in [6.45, 7) is 4.98. The highest BCUT2D eigenvalue weighted by molar-refractivity contribution is 5.96. The fourth-order valence-corrected chi connectivity index (χ4v) is 1.38. The van der Waals surface area contributed by atoms with Crippen LogP contribution < -0.4 is 0 Å². The van der Waals surface area contributed by atoms with Gasteiger partial charge in [-0.3, -0.25) is 9.59 Å². The van der Waals surface area contributed by atoms with Crippen LogP contribution in [0.1, 0.15) is 53.7 Å². The van der Waals surface area contributed by atoms with E-state index in [2.05, 4.69) is 11.9 Å². The maximum atomic E-state index is 11.2. The summed E-state index contributed by atoms with van der Waals surface area (Å²) in [6, 6.07) is 3.52. The number of carbonyl (C=O) groups is 2. The molecule has 1 heterocycles. The van der Waals surface area contributed by atoms with E-state index in [0.29, 0.717) is 11.4 Å². The van der Waals surface area contributed by atoms with Crippen LogP contribution in [-0.2, 0) is 6.42 Å². The predicted molar refractivity (Wildman–Crippen MR) is 58.2 cm³/mol. The summed E-state index contributed by atoms with van der Waals surface area (Å²) in [5, 5.41) is 0. The van der Waals surface area contributed by atoms with Gasteiger partial charge in [0.2, 0.25) is 0 Å². The summed E-state index contributed by atoms with van der Waals surface area (Å²) >= 11 is 0. The van der Waals surface area contributed by atoms with E-state index in [1.54, 1.807) is 12.1 Å². The van der Waals surface area contributed by atoms with Gasteiger partial charge in [-0.25, -0.2) is 4.98 Å². The number of ketones is 2. The molecule has 0 aliphatic carbocycles. The maximum absolute atomic E-state index is 11.2. The molecule has 0 spiro atoms. The fraction of sp³-hybridized carbons (Fsp3) is 0.417. The molecule has 0 aliphatic heterocycles. The minimum atomic E-state index is -0.101. The molecule has 0 atom stereocenters. The third kappa shape index (κ3) is 2.98. The fourth-order valence-electron chi connectivity index (χ4n) is 1.38. The number of carbonyl (C=O) groups excluding carboxylic acids is 2. The third-order valence-electron chi connectivity index (χ3n) is 2.15. The van der Waals surface area contributed by atoms with E-state index in [4.69, 9.17) is 0 Å². The van der Waals surface area contributed by atoms with Gasteiger partial charge in [0.15, 0.2) is 11.6 Å². The molecule has 3 nitrogen and oxygen atoms in total. The SMILES string of the molecule is CCCc1cc(C(C)=O)nc(C(C)=O)c1. The molecular weight excluding hydrogens is 190 g/mol. The van der Waals surface area contributed by atoms with Gasteiger partial charge in [-0.1, -0.05) is 13.3 Å². The molecule has 0 saturated carbocycles. The summed E-state index contributed by atoms with van der Waals surface area (Å²) in [5.74, 6) is -0.203. The van der Waals surface area contributed by atoms with Crippen molar-refractivity contribution in [3.05, 3.63) is 29.1 Å². The Kier molecular flexibility index (Phi) is 3.72. The minimum Gasteiger partial charge on any atom is -0.293 e. The van der Waals surface area contributed by atoms with Crippen LogP contribution in [0.4, 0.5) is 0 Å². The number of pyridine rings is 1. The number of hydrogen-bond acceptors (Lipinski definition) is 3. The second-order valence-corrected chi connectivity index (χ2v) is 3.61. The Balaban J connectivity index is 3.19. The zero-order valence-corrected chi connectivity index (χ0v) is 9.33. The molecule has 0 unspecified atom stereocenters. The van der Waals surface area contributed by atoms with Crippen molar-refractivity contribution in [2.45, 2.75) is 33.6 Å². The van der Waals surface area contributed by atoms with Crippen molar-refractivity contribution in [3.8, 4) is 0 Å². The van der Waals surface area contributed by atoms with E-state index in [1.807, 2.05) is 0 Å². The third-order valence-corrected chi connectivity index (χ3v) is 2.15. The van der Waals surface area contributed by atoms with Crippen LogP contribution in [-0.4, -0.2) is 16.6 Å². The maximum Gasteiger partial charge on any atom is 0.178 e. The molecule has 3 heteroatoms. The number of rotatable bonds is 4. The Bertz CT molecular complexity index is 364. The van der Waals surface area contributed by atoms with Crippen molar-refractivity contribution in [2.24, 2.45) is 0 Å². The lowest BCUT2D eigenvalue weighted by Crippen LogP contribution is -2.05. The van der Waals surface area contributed by atoms with Gasteiger partial charge in [-0.05, 0) is 24.1 Å². The smallest absolute Gasteiger partial charge is 0.178 e. The molecule has 0 aromatic carbocycles. The average Bonchev–Trinajstić information content (AvgIpc) is 2.17. The lowest BCUT2D eigenvalue weighted by molar-refractivity contribution is 0.100. The van der Waals surface area contributed by atoms with Crippen molar-refractivity contribution in [1.29, 1.82) is 0 Å². The Morgan fingerprint density at radius 2 is 1.60 bits per heavy atom. The van der Waals surface area contributed by atoms with Gasteiger partial charge >= 0.3 is 0 Å². The summed E-state index contributed by atoms with van der Waals surface area (Å²) < 4.78 is 0. The zero-order valence-electron chi connectivity index (χ0n) is 9.33. The van der Waals surface area contributed by atoms with Crippen molar-refractivity contribution < 1.29 is 9.59 Å². The summed E-state index contributed by atoms with van der Waals surface area (Å²) in [4.78, 5) is 26.4. The predicted octanol–water partition coefficient (Wildman–Crippen LogP) is 2.44. The lowest BCUT2D eigenvalue weighted by atomic mass is 10.1. The van der Waals surface area contributed by atoms with Crippen LogP contribution in [0.3, 0.4) is 0 Å². The Hall–Kier alpha value is -1.51. The van der Waals surface area contributed by atoms with Crippen molar-refractivity contribution in [1.82, 2.24) is 4.98 Å². The second-order valence-electron chi connectivity index (χ2n) is 3.61. The summed E-state index contributed by atoms with van der Waals surface area (Å²) in [6.07, 6.45) is 1.85. The molecule has 1 aromatic heterocycles. The molecule has 0 saturated heterocycles. The topological polar surface area (TPSA) is 47.0 Å². The molecule has 0 bridgehead atoms. The molecule has 15 heavy (non-hydrogen) atoms. The highest BCUT2D eigenvalue weighted by atomic mass is 16.1. The Labute approximate surface area is 89.5 Å². The first kappa shape index (κ1) is 11.6. The normalized spacial score (nSPS) is 10.1. The molecule has 1 rings (SSSR count). The van der Waals surface area contributed by atoms with Gasteiger partial charge in [0.25, 0.3) is 0 Å². The molecular formula is C12H15NO2. The van der Waals surface area contributed by atoms with Crippen LogP contribution in [0.2, 0.25) is 0 Å². The lowest BCUT2D eigenvalue weighted by Gasteiger charge is -2.04. The van der Waals surface area contributed by atoms with Gasteiger partial charge in [-0.15, -0.1) is 0 Å². The summed E-state index contributed by atoms with van der Waals surface area (Å²) in [7, 11) is 0. The Morgan fingerprint density at radius 1 is 1.13 bits per heavy atom. The highest BCUT2D eigenvalue weighted by Gasteiger charge is 2.08. The second kappa shape index (κ2) is 4.82. The molecule has 1 aromatic rings. The molecule has 0 amide bonds. The number of aromatic nitrogens is 1. The molecule has 80 valence electrons. The van der Waals surface area contributed by atoms with Gasteiger partial charge in [0.05, 0.1) is 0 Å². The summed E-state index contributed by atoms with van der Waals surface area (Å²) in [5.41, 5.74) is 1.76. The van der Waals surface area contributed by atoms with Gasteiger partial charge < -0.3 is 0 Å². The van der Waals surface area contributed by atoms with Crippen LogP contribution in [0, 0.1) is 0 Å². The van der Waals surface area contributed by atoms with E-state index in [1.165, 1.54) is 13.8 Å². The zero-order chi connectivity index (χ0) is 11.4. The quantitative estimate of drug-likeness (QED) is 0.709. The van der Waals surface area contributed by atoms with Crippen molar-refractivity contribution in [3.63, 3.8) is 0 Å². The molecule has 0 fully saturated rings. The van der Waals surface area contributed by atoms with E-state index in [-0.39, 0.29) is 11.6 Å². The van der Waals surface area contributed by atoms with Crippen LogP contribution >= 0.6 is 0 Å².